The van der Waals surface area contributed by atoms with E-state index in [0.717, 1.165) is 16.7 Å². The van der Waals surface area contributed by atoms with Crippen LogP contribution in [0.25, 0.3) is 45.6 Å². The summed E-state index contributed by atoms with van der Waals surface area (Å²) in [6.07, 6.45) is 2.28. The number of hydrogen-bond acceptors (Lipinski definition) is 12. The maximum absolute atomic E-state index is 11.5. The average Bonchev–Trinajstić information content (AvgIpc) is 4.00. The molecule has 8 aromatic carbocycles. The third-order valence-corrected chi connectivity index (χ3v) is 12.6. The van der Waals surface area contributed by atoms with Crippen molar-refractivity contribution >= 4 is 23.1 Å². The minimum absolute atomic E-state index is 0.0516. The summed E-state index contributed by atoms with van der Waals surface area (Å²) in [6, 6.07) is 40.3. The standard InChI is InChI=1S/C56H40O12/c57-35-10-4-29(5-11-35)54-50(33-19-38(60)23-39(61)20-33)49-32(18-42(64)26-47(49)67-54)3-1-28-2-16-46-44(17-28)52(56(66-46)31-8-14-37(59)15-9-31)45-25-43(65)27-48-53(45)51(34-21-40(62)24-41(63)22-34)55(68-48)30-6-12-36(58)13-7-30/h1-27,51-52,55-65H/t51-,52+,55+,56+/m0/s1. The van der Waals surface area contributed by atoms with Crippen molar-refractivity contribution in [3.63, 3.8) is 0 Å². The van der Waals surface area contributed by atoms with Gasteiger partial charge in [-0.3, -0.25) is 0 Å². The van der Waals surface area contributed by atoms with Gasteiger partial charge in [0, 0.05) is 51.9 Å². The molecule has 68 heavy (non-hydrogen) atoms. The van der Waals surface area contributed by atoms with Gasteiger partial charge in [0.05, 0.1) is 11.8 Å². The van der Waals surface area contributed by atoms with E-state index in [-0.39, 0.29) is 51.7 Å². The van der Waals surface area contributed by atoms with E-state index in [1.165, 1.54) is 48.5 Å². The number of furan rings is 1. The van der Waals surface area contributed by atoms with Gasteiger partial charge in [0.1, 0.15) is 86.8 Å². The Kier molecular flexibility index (Phi) is 9.82. The van der Waals surface area contributed by atoms with Crippen LogP contribution >= 0.6 is 0 Å². The van der Waals surface area contributed by atoms with E-state index in [4.69, 9.17) is 13.9 Å². The molecule has 11 rings (SSSR count). The van der Waals surface area contributed by atoms with Crippen LogP contribution in [0.1, 0.15) is 68.6 Å². The zero-order chi connectivity index (χ0) is 47.0. The molecular weight excluding hydrogens is 865 g/mol. The van der Waals surface area contributed by atoms with Gasteiger partial charge in [0.15, 0.2) is 0 Å². The predicted octanol–water partition coefficient (Wildman–Crippen LogP) is 11.8. The number of rotatable bonds is 8. The van der Waals surface area contributed by atoms with Crippen molar-refractivity contribution in [3.05, 3.63) is 196 Å². The fourth-order valence-electron chi connectivity index (χ4n) is 9.78. The number of benzene rings is 8. The fourth-order valence-corrected chi connectivity index (χ4v) is 9.78. The van der Waals surface area contributed by atoms with Crippen molar-refractivity contribution in [1.29, 1.82) is 0 Å². The highest BCUT2D eigenvalue weighted by atomic mass is 16.5. The smallest absolute Gasteiger partial charge is 0.143 e. The van der Waals surface area contributed by atoms with Gasteiger partial charge in [-0.2, -0.15) is 0 Å². The zero-order valence-electron chi connectivity index (χ0n) is 35.6. The maximum Gasteiger partial charge on any atom is 0.143 e. The molecule has 0 saturated carbocycles. The predicted molar refractivity (Wildman–Crippen MR) is 254 cm³/mol. The van der Waals surface area contributed by atoms with E-state index in [2.05, 4.69) is 0 Å². The SMILES string of the molecule is Oc1ccc(-c2oc3cc(O)cc(C=Cc4ccc5c(c4)[C@H](c4cc(O)cc6c4[C@H](c4cc(O)cc(O)c4)[C@@H](c4ccc(O)cc4)O6)[C@@H](c4ccc(O)cc4)O5)c3c2-c2cc(O)cc(O)c2)cc1. The van der Waals surface area contributed by atoms with Crippen molar-refractivity contribution in [2.75, 3.05) is 0 Å². The summed E-state index contributed by atoms with van der Waals surface area (Å²) in [5, 5.41) is 96.5. The molecule has 9 aromatic rings. The van der Waals surface area contributed by atoms with Gasteiger partial charge < -0.3 is 59.8 Å². The molecule has 0 amide bonds. The second-order valence-electron chi connectivity index (χ2n) is 17.1. The van der Waals surface area contributed by atoms with Crippen LogP contribution in [0.3, 0.4) is 0 Å². The van der Waals surface area contributed by atoms with Gasteiger partial charge in [-0.05, 0) is 136 Å². The van der Waals surface area contributed by atoms with Gasteiger partial charge in [-0.1, -0.05) is 42.5 Å². The third kappa shape index (κ3) is 7.39. The lowest BCUT2D eigenvalue weighted by Gasteiger charge is -2.26. The van der Waals surface area contributed by atoms with Crippen molar-refractivity contribution in [3.8, 4) is 85.7 Å². The molecule has 0 unspecified atom stereocenters. The number of phenols is 9. The summed E-state index contributed by atoms with van der Waals surface area (Å²) in [4.78, 5) is 0. The van der Waals surface area contributed by atoms with Gasteiger partial charge in [-0.15, -0.1) is 0 Å². The molecule has 3 heterocycles. The molecular formula is C56H40O12. The Balaban J connectivity index is 1.08. The van der Waals surface area contributed by atoms with E-state index in [1.54, 1.807) is 84.9 Å². The van der Waals surface area contributed by atoms with Crippen LogP contribution in [0.5, 0.6) is 63.2 Å². The third-order valence-electron chi connectivity index (χ3n) is 12.6. The number of ether oxygens (including phenoxy) is 2. The van der Waals surface area contributed by atoms with E-state index in [0.29, 0.717) is 72.7 Å². The van der Waals surface area contributed by atoms with Crippen LogP contribution in [0, 0.1) is 0 Å². The highest BCUT2D eigenvalue weighted by Crippen LogP contribution is 2.59. The first-order valence-electron chi connectivity index (χ1n) is 21.6. The molecule has 0 saturated heterocycles. The summed E-state index contributed by atoms with van der Waals surface area (Å²) >= 11 is 0. The van der Waals surface area contributed by atoms with Gasteiger partial charge >= 0.3 is 0 Å². The summed E-state index contributed by atoms with van der Waals surface area (Å²) in [7, 11) is 0. The first-order valence-corrected chi connectivity index (χ1v) is 21.6. The van der Waals surface area contributed by atoms with Gasteiger partial charge in [-0.25, -0.2) is 0 Å². The second kappa shape index (κ2) is 16.1. The molecule has 0 aliphatic carbocycles. The van der Waals surface area contributed by atoms with Crippen LogP contribution in [-0.2, 0) is 0 Å². The molecule has 0 fully saturated rings. The topological polar surface area (TPSA) is 214 Å². The molecule has 12 heteroatoms. The molecule has 12 nitrogen and oxygen atoms in total. The maximum atomic E-state index is 11.5. The molecule has 4 atom stereocenters. The summed E-state index contributed by atoms with van der Waals surface area (Å²) in [5.74, 6) is -0.592. The first kappa shape index (κ1) is 41.5. The van der Waals surface area contributed by atoms with E-state index in [1.807, 2.05) is 30.4 Å². The van der Waals surface area contributed by atoms with Crippen LogP contribution in [0.15, 0.2) is 156 Å². The molecule has 336 valence electrons. The lowest BCUT2D eigenvalue weighted by atomic mass is 9.76. The molecule has 2 aliphatic heterocycles. The lowest BCUT2D eigenvalue weighted by molar-refractivity contribution is 0.220. The molecule has 0 radical (unpaired) electrons. The minimum Gasteiger partial charge on any atom is -0.508 e. The quantitative estimate of drug-likeness (QED) is 0.0652. The van der Waals surface area contributed by atoms with Crippen molar-refractivity contribution in [2.45, 2.75) is 24.0 Å². The van der Waals surface area contributed by atoms with E-state index < -0.39 is 24.0 Å². The monoisotopic (exact) mass is 904 g/mol. The number of fused-ring (bicyclic) bond motifs is 3. The van der Waals surface area contributed by atoms with Crippen molar-refractivity contribution in [2.24, 2.45) is 0 Å². The molecule has 1 aromatic heterocycles. The van der Waals surface area contributed by atoms with Crippen LogP contribution in [0.4, 0.5) is 0 Å². The lowest BCUT2D eigenvalue weighted by Crippen LogP contribution is -2.16. The van der Waals surface area contributed by atoms with Crippen molar-refractivity contribution < 1.29 is 59.8 Å². The Bertz CT molecular complexity index is 3420. The number of aromatic hydroxyl groups is 9. The van der Waals surface area contributed by atoms with Crippen LogP contribution in [0.2, 0.25) is 0 Å². The highest BCUT2D eigenvalue weighted by molar-refractivity contribution is 6.07. The fraction of sp³-hybridized carbons (Fsp3) is 0.0714. The summed E-state index contributed by atoms with van der Waals surface area (Å²) < 4.78 is 19.9. The summed E-state index contributed by atoms with van der Waals surface area (Å²) in [6.45, 7) is 0. The molecule has 0 bridgehead atoms. The summed E-state index contributed by atoms with van der Waals surface area (Å²) in [5.41, 5.74) is 7.18. The Morgan fingerprint density at radius 2 is 0.926 bits per heavy atom. The number of phenolic OH excluding ortho intramolecular Hbond substituents is 9. The van der Waals surface area contributed by atoms with Gasteiger partial charge in [0.2, 0.25) is 0 Å². The Labute approximate surface area is 387 Å². The number of hydrogen-bond donors (Lipinski definition) is 9. The Hall–Kier alpha value is -9.16. The largest absolute Gasteiger partial charge is 0.508 e. The average molecular weight is 905 g/mol. The van der Waals surface area contributed by atoms with Crippen LogP contribution < -0.4 is 9.47 Å². The van der Waals surface area contributed by atoms with E-state index >= 15 is 0 Å². The zero-order valence-corrected chi connectivity index (χ0v) is 35.6. The Morgan fingerprint density at radius 3 is 1.56 bits per heavy atom. The van der Waals surface area contributed by atoms with Crippen LogP contribution in [-0.4, -0.2) is 46.0 Å². The first-order chi connectivity index (χ1) is 32.8. The molecule has 0 spiro atoms. The molecule has 2 aliphatic rings. The second-order valence-corrected chi connectivity index (χ2v) is 17.1. The highest BCUT2D eigenvalue weighted by Gasteiger charge is 2.45. The molecule has 9 N–H and O–H groups in total. The van der Waals surface area contributed by atoms with Crippen molar-refractivity contribution in [1.82, 2.24) is 0 Å². The van der Waals surface area contributed by atoms with E-state index in [9.17, 15) is 46.0 Å². The normalized spacial score (nSPS) is 17.2. The minimum atomic E-state index is -0.721. The van der Waals surface area contributed by atoms with Gasteiger partial charge in [0.25, 0.3) is 0 Å². The Morgan fingerprint density at radius 1 is 0.382 bits per heavy atom.